The number of methoxy groups -OCH3 is 1. The first-order valence-electron chi connectivity index (χ1n) is 15.4. The number of carbonyl (C=O) groups is 2. The van der Waals surface area contributed by atoms with E-state index in [4.69, 9.17) is 53.8 Å². The highest BCUT2D eigenvalue weighted by Gasteiger charge is 2.25. The largest absolute Gasteiger partial charge is 0.497 e. The first kappa shape index (κ1) is 33.8. The molecule has 8 nitrogen and oxygen atoms in total. The van der Waals surface area contributed by atoms with Gasteiger partial charge in [0.05, 0.1) is 36.8 Å². The molecule has 0 radical (unpaired) electrons. The number of aromatic nitrogens is 1. The molecule has 0 saturated carbocycles. The lowest BCUT2D eigenvalue weighted by Gasteiger charge is -2.33. The number of halogens is 3. The molecule has 1 aliphatic heterocycles. The van der Waals surface area contributed by atoms with Crippen LogP contribution in [0.25, 0.3) is 10.9 Å². The Kier molecular flexibility index (Phi) is 10.6. The molecule has 1 fully saturated rings. The van der Waals surface area contributed by atoms with Crippen LogP contribution in [0.15, 0.2) is 84.9 Å². The van der Waals surface area contributed by atoms with Crippen LogP contribution in [0.1, 0.15) is 33.3 Å². The molecular weight excluding hydrogens is 675 g/mol. The lowest BCUT2D eigenvalue weighted by Crippen LogP contribution is -2.40. The number of hydrogen-bond acceptors (Lipinski definition) is 7. The quantitative estimate of drug-likeness (QED) is 0.135. The molecule has 1 saturated heterocycles. The van der Waals surface area contributed by atoms with Crippen molar-refractivity contribution in [2.24, 2.45) is 0 Å². The van der Waals surface area contributed by atoms with Gasteiger partial charge in [0.25, 0.3) is 5.91 Å². The third-order valence-electron chi connectivity index (χ3n) is 8.35. The Balaban J connectivity index is 1.08. The maximum absolute atomic E-state index is 13.6. The minimum atomic E-state index is -0.386. The Hall–Kier alpha value is -4.05. The molecule has 2 heterocycles. The summed E-state index contributed by atoms with van der Waals surface area (Å²) < 4.78 is 24.7. The minimum Gasteiger partial charge on any atom is -0.497 e. The average Bonchev–Trinajstić information content (AvgIpc) is 3.35. The molecule has 0 amide bonds. The predicted molar refractivity (Wildman–Crippen MR) is 187 cm³/mol. The molecule has 1 unspecified atom stereocenters. The van der Waals surface area contributed by atoms with Gasteiger partial charge in [0.1, 0.15) is 23.9 Å². The van der Waals surface area contributed by atoms with Crippen molar-refractivity contribution in [3.05, 3.63) is 122 Å². The number of nitrogens with zero attached hydrogens (tertiary/aromatic N) is 2. The molecule has 0 bridgehead atoms. The fourth-order valence-corrected chi connectivity index (χ4v) is 6.39. The van der Waals surface area contributed by atoms with Gasteiger partial charge in [0.15, 0.2) is 0 Å². The van der Waals surface area contributed by atoms with Crippen LogP contribution in [-0.4, -0.2) is 61.3 Å². The van der Waals surface area contributed by atoms with Gasteiger partial charge in [0.2, 0.25) is 0 Å². The fraction of sp³-hybridized carbons (Fsp3) is 0.243. The SMILES string of the molecule is COc1ccc2c(c1)c(CC(=O)OCCN1CCOC(c3ccc(Oc4ccc(Cl)cc4)cc3Cl)C1)c(C)n2C(=O)c1ccc(Cl)cc1. The van der Waals surface area contributed by atoms with E-state index in [1.54, 1.807) is 72.3 Å². The number of esters is 1. The zero-order valence-electron chi connectivity index (χ0n) is 26.4. The van der Waals surface area contributed by atoms with Gasteiger partial charge in [-0.15, -0.1) is 0 Å². The second-order valence-corrected chi connectivity index (χ2v) is 12.7. The van der Waals surface area contributed by atoms with E-state index in [1.807, 2.05) is 31.2 Å². The van der Waals surface area contributed by atoms with E-state index in [1.165, 1.54) is 0 Å². The van der Waals surface area contributed by atoms with Crippen molar-refractivity contribution in [3.63, 3.8) is 0 Å². The number of ether oxygens (including phenoxy) is 4. The maximum atomic E-state index is 13.6. The molecule has 1 aromatic heterocycles. The highest BCUT2D eigenvalue weighted by atomic mass is 35.5. The van der Waals surface area contributed by atoms with E-state index in [9.17, 15) is 9.59 Å². The summed E-state index contributed by atoms with van der Waals surface area (Å²) >= 11 is 18.7. The van der Waals surface area contributed by atoms with Crippen LogP contribution in [-0.2, 0) is 20.7 Å². The van der Waals surface area contributed by atoms with Crippen molar-refractivity contribution in [2.45, 2.75) is 19.4 Å². The van der Waals surface area contributed by atoms with E-state index < -0.39 is 0 Å². The van der Waals surface area contributed by atoms with Crippen molar-refractivity contribution in [1.82, 2.24) is 9.47 Å². The third-order valence-corrected chi connectivity index (χ3v) is 9.18. The van der Waals surface area contributed by atoms with Gasteiger partial charge in [-0.1, -0.05) is 40.9 Å². The van der Waals surface area contributed by atoms with Crippen LogP contribution in [0.2, 0.25) is 15.1 Å². The van der Waals surface area contributed by atoms with Gasteiger partial charge in [-0.2, -0.15) is 0 Å². The molecule has 0 aliphatic carbocycles. The van der Waals surface area contributed by atoms with Crippen LogP contribution in [0.3, 0.4) is 0 Å². The van der Waals surface area contributed by atoms with Crippen molar-refractivity contribution in [1.29, 1.82) is 0 Å². The van der Waals surface area contributed by atoms with Crippen LogP contribution < -0.4 is 9.47 Å². The van der Waals surface area contributed by atoms with Crippen molar-refractivity contribution in [3.8, 4) is 17.2 Å². The van der Waals surface area contributed by atoms with Crippen LogP contribution in [0.5, 0.6) is 17.2 Å². The average molecular weight is 708 g/mol. The fourth-order valence-electron chi connectivity index (χ4n) is 5.84. The minimum absolute atomic E-state index is 0.00217. The van der Waals surface area contributed by atoms with E-state index in [-0.39, 0.29) is 31.0 Å². The van der Waals surface area contributed by atoms with Crippen molar-refractivity contribution in [2.75, 3.05) is 40.0 Å². The summed E-state index contributed by atoms with van der Waals surface area (Å²) in [6.45, 7) is 4.37. The summed E-state index contributed by atoms with van der Waals surface area (Å²) in [5, 5.41) is 2.47. The van der Waals surface area contributed by atoms with E-state index in [0.717, 1.165) is 10.9 Å². The number of rotatable bonds is 10. The summed E-state index contributed by atoms with van der Waals surface area (Å²) in [5.41, 5.74) is 3.39. The molecule has 248 valence electrons. The Morgan fingerprint density at radius 3 is 2.27 bits per heavy atom. The molecule has 11 heteroatoms. The third kappa shape index (κ3) is 7.64. The van der Waals surface area contributed by atoms with Crippen molar-refractivity contribution >= 4 is 57.6 Å². The lowest BCUT2D eigenvalue weighted by atomic mass is 10.1. The molecule has 5 aromatic rings. The molecule has 6 rings (SSSR count). The second kappa shape index (κ2) is 15.0. The van der Waals surface area contributed by atoms with Gasteiger partial charge < -0.3 is 18.9 Å². The van der Waals surface area contributed by atoms with Gasteiger partial charge in [-0.25, -0.2) is 0 Å². The zero-order chi connectivity index (χ0) is 33.8. The zero-order valence-corrected chi connectivity index (χ0v) is 28.6. The van der Waals surface area contributed by atoms with E-state index in [2.05, 4.69) is 4.90 Å². The first-order valence-corrected chi connectivity index (χ1v) is 16.5. The van der Waals surface area contributed by atoms with Crippen LogP contribution in [0.4, 0.5) is 0 Å². The summed E-state index contributed by atoms with van der Waals surface area (Å²) in [5.74, 6) is 1.29. The molecular formula is C37H33Cl3N2O6. The number of hydrogen-bond donors (Lipinski definition) is 0. The van der Waals surface area contributed by atoms with Crippen molar-refractivity contribution < 1.29 is 28.5 Å². The topological polar surface area (TPSA) is 79.2 Å². The lowest BCUT2D eigenvalue weighted by molar-refractivity contribution is -0.143. The second-order valence-electron chi connectivity index (χ2n) is 11.4. The standard InChI is InChI=1S/C37H33Cl3N2O6/c1-23-31(32-19-28(45-2)12-14-34(32)42(23)37(44)24-3-5-25(38)6-4-24)21-36(43)47-18-16-41-15-17-46-35(22-41)30-13-11-29(20-33(30)40)48-27-9-7-26(39)8-10-27/h3-14,19-20,35H,15-18,21-22H2,1-2H3. The van der Waals surface area contributed by atoms with Gasteiger partial charge >= 0.3 is 5.97 Å². The highest BCUT2D eigenvalue weighted by Crippen LogP contribution is 2.34. The number of carbonyl (C=O) groups excluding carboxylic acids is 2. The highest BCUT2D eigenvalue weighted by molar-refractivity contribution is 6.31. The Labute approximate surface area is 293 Å². The smallest absolute Gasteiger partial charge is 0.310 e. The number of fused-ring (bicyclic) bond motifs is 1. The predicted octanol–water partition coefficient (Wildman–Crippen LogP) is 8.56. The van der Waals surface area contributed by atoms with Crippen LogP contribution >= 0.6 is 34.8 Å². The molecule has 0 spiro atoms. The monoisotopic (exact) mass is 706 g/mol. The first-order chi connectivity index (χ1) is 23.2. The van der Waals surface area contributed by atoms with E-state index in [0.29, 0.717) is 80.9 Å². The Morgan fingerprint density at radius 2 is 1.56 bits per heavy atom. The summed E-state index contributed by atoms with van der Waals surface area (Å²) in [4.78, 5) is 28.9. The summed E-state index contributed by atoms with van der Waals surface area (Å²) in [6.07, 6.45) is -0.240. The molecule has 0 N–H and O–H groups in total. The Bertz CT molecular complexity index is 1940. The number of morpholine rings is 1. The molecule has 4 aromatic carbocycles. The molecule has 48 heavy (non-hydrogen) atoms. The van der Waals surface area contributed by atoms with Gasteiger partial charge in [-0.3, -0.25) is 19.1 Å². The normalized spacial score (nSPS) is 15.0. The molecule has 1 aliphatic rings. The van der Waals surface area contributed by atoms with Crippen LogP contribution in [0, 0.1) is 6.92 Å². The number of benzene rings is 4. The summed E-state index contributed by atoms with van der Waals surface area (Å²) in [6, 6.07) is 24.8. The van der Waals surface area contributed by atoms with Gasteiger partial charge in [-0.05, 0) is 91.3 Å². The van der Waals surface area contributed by atoms with Gasteiger partial charge in [0, 0.05) is 51.9 Å². The molecule has 1 atom stereocenters. The maximum Gasteiger partial charge on any atom is 0.310 e. The summed E-state index contributed by atoms with van der Waals surface area (Å²) in [7, 11) is 1.58. The van der Waals surface area contributed by atoms with E-state index >= 15 is 0 Å². The Morgan fingerprint density at radius 1 is 0.875 bits per heavy atom.